The lowest BCUT2D eigenvalue weighted by Crippen LogP contribution is -2.24. The molecular formula is C24H18F4N6O3S. The first kappa shape index (κ1) is 25.3. The molecule has 2 aromatic carbocycles. The summed E-state index contributed by atoms with van der Waals surface area (Å²) in [7, 11) is -2.36. The summed E-state index contributed by atoms with van der Waals surface area (Å²) in [5.74, 6) is -1.04. The normalized spacial score (nSPS) is 12.4. The molecule has 0 aliphatic carbocycles. The van der Waals surface area contributed by atoms with Crippen LogP contribution in [0.4, 0.5) is 17.6 Å². The molecule has 0 unspecified atom stereocenters. The van der Waals surface area contributed by atoms with Gasteiger partial charge in [0.05, 0.1) is 27.2 Å². The third kappa shape index (κ3) is 4.16. The van der Waals surface area contributed by atoms with Crippen LogP contribution in [0.3, 0.4) is 0 Å². The molecule has 0 radical (unpaired) electrons. The summed E-state index contributed by atoms with van der Waals surface area (Å²) in [6, 6.07) is 11.0. The average Bonchev–Trinajstić information content (AvgIpc) is 3.42. The number of imidazole rings is 1. The molecular weight excluding hydrogens is 528 g/mol. The Kier molecular flexibility index (Phi) is 5.93. The van der Waals surface area contributed by atoms with Crippen molar-refractivity contribution in [1.82, 2.24) is 28.9 Å². The number of benzene rings is 2. The van der Waals surface area contributed by atoms with Gasteiger partial charge in [-0.2, -0.15) is 23.0 Å². The van der Waals surface area contributed by atoms with Crippen LogP contribution >= 0.6 is 0 Å². The molecule has 0 aliphatic heterocycles. The summed E-state index contributed by atoms with van der Waals surface area (Å²) >= 11 is 0. The summed E-state index contributed by atoms with van der Waals surface area (Å²) < 4.78 is 83.0. The Hall–Kier alpha value is -4.33. The number of hydrogen-bond acceptors (Lipinski definition) is 6. The Labute approximate surface area is 212 Å². The maximum Gasteiger partial charge on any atom is 0.416 e. The molecule has 9 nitrogen and oxygen atoms in total. The number of aromatic nitrogens is 6. The zero-order valence-corrected chi connectivity index (χ0v) is 20.6. The third-order valence-electron chi connectivity index (χ3n) is 5.98. The predicted molar refractivity (Wildman–Crippen MR) is 129 cm³/mol. The second-order valence-electron chi connectivity index (χ2n) is 8.26. The van der Waals surface area contributed by atoms with Crippen molar-refractivity contribution in [2.45, 2.75) is 18.0 Å². The number of halogens is 4. The molecule has 0 saturated carbocycles. The first-order chi connectivity index (χ1) is 17.9. The van der Waals surface area contributed by atoms with Gasteiger partial charge in [0.2, 0.25) is 0 Å². The zero-order valence-electron chi connectivity index (χ0n) is 19.8. The number of nitrogens with zero attached hydrogens (tertiary/aromatic N) is 6. The molecule has 0 saturated heterocycles. The van der Waals surface area contributed by atoms with Crippen LogP contribution < -0.4 is 5.69 Å². The second-order valence-corrected chi connectivity index (χ2v) is 10.5. The molecule has 38 heavy (non-hydrogen) atoms. The van der Waals surface area contributed by atoms with Crippen molar-refractivity contribution in [1.29, 1.82) is 0 Å². The number of aryl methyl sites for hydroxylation is 1. The molecule has 3 aromatic heterocycles. The van der Waals surface area contributed by atoms with E-state index >= 15 is 0 Å². The van der Waals surface area contributed by atoms with Gasteiger partial charge in [-0.25, -0.2) is 32.1 Å². The second kappa shape index (κ2) is 8.90. The Morgan fingerprint density at radius 3 is 2.42 bits per heavy atom. The van der Waals surface area contributed by atoms with Crippen molar-refractivity contribution in [2.24, 2.45) is 7.05 Å². The summed E-state index contributed by atoms with van der Waals surface area (Å²) in [5.41, 5.74) is -1.66. The number of rotatable bonds is 5. The predicted octanol–water partition coefficient (Wildman–Crippen LogP) is 3.92. The SMILES string of the molecule is CCS(=O)(=O)c1ccc(-n2cnn(-c3ccccc3F)c2=O)nc1-c1nc2cc(C(F)(F)F)ccc2n1C. The van der Waals surface area contributed by atoms with Gasteiger partial charge in [-0.3, -0.25) is 0 Å². The summed E-state index contributed by atoms with van der Waals surface area (Å²) in [4.78, 5) is 21.5. The van der Waals surface area contributed by atoms with Gasteiger partial charge in [0.1, 0.15) is 29.3 Å². The lowest BCUT2D eigenvalue weighted by molar-refractivity contribution is -0.137. The van der Waals surface area contributed by atoms with Gasteiger partial charge in [-0.1, -0.05) is 19.1 Å². The van der Waals surface area contributed by atoms with Gasteiger partial charge in [-0.05, 0) is 42.5 Å². The first-order valence-electron chi connectivity index (χ1n) is 11.1. The lowest BCUT2D eigenvalue weighted by Gasteiger charge is -2.11. The highest BCUT2D eigenvalue weighted by molar-refractivity contribution is 7.91. The number of fused-ring (bicyclic) bond motifs is 1. The van der Waals surface area contributed by atoms with Gasteiger partial charge in [0, 0.05) is 7.05 Å². The minimum absolute atomic E-state index is 0.0195. The minimum atomic E-state index is -4.60. The topological polar surface area (TPSA) is 105 Å². The smallest absolute Gasteiger partial charge is 0.326 e. The molecule has 3 heterocycles. The van der Waals surface area contributed by atoms with E-state index < -0.39 is 33.1 Å². The maximum absolute atomic E-state index is 14.3. The molecule has 196 valence electrons. The quantitative estimate of drug-likeness (QED) is 0.310. The van der Waals surface area contributed by atoms with Crippen molar-refractivity contribution >= 4 is 20.9 Å². The van der Waals surface area contributed by atoms with Crippen molar-refractivity contribution in [3.8, 4) is 23.0 Å². The Balaban J connectivity index is 1.73. The summed E-state index contributed by atoms with van der Waals surface area (Å²) in [6.45, 7) is 1.43. The largest absolute Gasteiger partial charge is 0.416 e. The average molecular weight is 547 g/mol. The molecule has 14 heteroatoms. The van der Waals surface area contributed by atoms with E-state index in [0.29, 0.717) is 5.52 Å². The number of hydrogen-bond donors (Lipinski definition) is 0. The van der Waals surface area contributed by atoms with Crippen LogP contribution in [0.25, 0.3) is 34.1 Å². The molecule has 0 atom stereocenters. The number of sulfone groups is 1. The van der Waals surface area contributed by atoms with E-state index in [0.717, 1.165) is 33.8 Å². The van der Waals surface area contributed by atoms with Crippen molar-refractivity contribution in [3.05, 3.63) is 82.8 Å². The zero-order chi connectivity index (χ0) is 27.4. The molecule has 5 rings (SSSR count). The number of para-hydroxylation sites is 1. The molecule has 5 aromatic rings. The molecule has 0 fully saturated rings. The first-order valence-corrected chi connectivity index (χ1v) is 12.8. The third-order valence-corrected chi connectivity index (χ3v) is 7.74. The van der Waals surface area contributed by atoms with Gasteiger partial charge >= 0.3 is 11.9 Å². The van der Waals surface area contributed by atoms with E-state index in [2.05, 4.69) is 15.1 Å². The van der Waals surface area contributed by atoms with Crippen molar-refractivity contribution in [2.75, 3.05) is 5.75 Å². The fourth-order valence-corrected chi connectivity index (χ4v) is 4.99. The van der Waals surface area contributed by atoms with Crippen LogP contribution in [0.1, 0.15) is 12.5 Å². The summed E-state index contributed by atoms with van der Waals surface area (Å²) in [5, 5.41) is 3.94. The highest BCUT2D eigenvalue weighted by atomic mass is 32.2. The van der Waals surface area contributed by atoms with E-state index in [-0.39, 0.29) is 39.2 Å². The lowest BCUT2D eigenvalue weighted by atomic mass is 10.2. The highest BCUT2D eigenvalue weighted by Gasteiger charge is 2.31. The Morgan fingerprint density at radius 2 is 1.74 bits per heavy atom. The molecule has 0 bridgehead atoms. The Morgan fingerprint density at radius 1 is 1.00 bits per heavy atom. The molecule has 0 N–H and O–H groups in total. The highest BCUT2D eigenvalue weighted by Crippen LogP contribution is 2.34. The monoisotopic (exact) mass is 546 g/mol. The van der Waals surface area contributed by atoms with E-state index in [9.17, 15) is 30.8 Å². The Bertz CT molecular complexity index is 1870. The van der Waals surface area contributed by atoms with E-state index in [1.807, 2.05) is 0 Å². The van der Waals surface area contributed by atoms with Crippen molar-refractivity contribution < 1.29 is 26.0 Å². The van der Waals surface area contributed by atoms with Crippen LogP contribution in [-0.4, -0.2) is 43.1 Å². The molecule has 0 amide bonds. The maximum atomic E-state index is 14.3. The van der Waals surface area contributed by atoms with Crippen LogP contribution in [0, 0.1) is 5.82 Å². The standard InChI is InChI=1S/C24H18F4N6O3S/c1-3-38(36,37)19-10-11-20(33-13-29-34(23(33)35)17-7-5-4-6-15(17)25)31-21(19)22-30-16-12-14(24(26,27)28)8-9-18(16)32(22)2/h4-13H,3H2,1-2H3. The van der Waals surface area contributed by atoms with Crippen LogP contribution in [0.15, 0.2) is 70.6 Å². The van der Waals surface area contributed by atoms with Crippen molar-refractivity contribution in [3.63, 3.8) is 0 Å². The van der Waals surface area contributed by atoms with Crippen LogP contribution in [0.2, 0.25) is 0 Å². The fourth-order valence-electron chi connectivity index (χ4n) is 3.97. The minimum Gasteiger partial charge on any atom is -0.326 e. The van der Waals surface area contributed by atoms with E-state index in [1.54, 1.807) is 0 Å². The van der Waals surface area contributed by atoms with Crippen LogP contribution in [-0.2, 0) is 23.1 Å². The number of alkyl halides is 3. The van der Waals surface area contributed by atoms with Gasteiger partial charge < -0.3 is 4.57 Å². The van der Waals surface area contributed by atoms with E-state index in [1.165, 1.54) is 54.9 Å². The molecule has 0 spiro atoms. The van der Waals surface area contributed by atoms with Gasteiger partial charge in [0.15, 0.2) is 15.7 Å². The number of pyridine rings is 1. The van der Waals surface area contributed by atoms with Gasteiger partial charge in [-0.15, -0.1) is 0 Å². The van der Waals surface area contributed by atoms with Crippen LogP contribution in [0.5, 0.6) is 0 Å². The molecule has 0 aliphatic rings. The summed E-state index contributed by atoms with van der Waals surface area (Å²) in [6.07, 6.45) is -3.50. The van der Waals surface area contributed by atoms with E-state index in [4.69, 9.17) is 0 Å². The fraction of sp³-hybridized carbons (Fsp3) is 0.167. The van der Waals surface area contributed by atoms with Gasteiger partial charge in [0.25, 0.3) is 0 Å².